The molecule has 3 N–H and O–H groups in total. The van der Waals surface area contributed by atoms with Gasteiger partial charge in [0.2, 0.25) is 0 Å². The van der Waals surface area contributed by atoms with Crippen molar-refractivity contribution in [3.05, 3.63) is 31.8 Å². The Morgan fingerprint density at radius 3 is 1.00 bits per heavy atom. The van der Waals surface area contributed by atoms with Crippen molar-refractivity contribution >= 4 is 70.1 Å². The van der Waals surface area contributed by atoms with Crippen LogP contribution in [0.2, 0.25) is 15.1 Å². The summed E-state index contributed by atoms with van der Waals surface area (Å²) < 4.78 is 0. The molecule has 3 nitrogen and oxygen atoms in total. The lowest BCUT2D eigenvalue weighted by Gasteiger charge is -2.18. The van der Waals surface area contributed by atoms with Crippen LogP contribution in [0.25, 0.3) is 0 Å². The Balaban J connectivity index is 3.14. The molecule has 0 bridgehead atoms. The number of aliphatic hydroxyl groups excluding tert-OH is 3. The van der Waals surface area contributed by atoms with E-state index in [1.165, 1.54) is 0 Å². The molecular weight excluding hydrogens is 431 g/mol. The van der Waals surface area contributed by atoms with E-state index in [1.54, 1.807) is 35.3 Å². The van der Waals surface area contributed by atoms with Crippen molar-refractivity contribution in [3.8, 4) is 0 Å². The van der Waals surface area contributed by atoms with Crippen LogP contribution in [0, 0.1) is 0 Å². The average Bonchev–Trinajstić information content (AvgIpc) is 2.57. The normalized spacial score (nSPS) is 11.2. The zero-order valence-corrected chi connectivity index (χ0v) is 17.8. The Hall–Kier alpha value is 1.02. The van der Waals surface area contributed by atoms with Gasteiger partial charge in [-0.05, 0) is 16.7 Å². The van der Waals surface area contributed by atoms with Crippen LogP contribution in [-0.4, -0.2) is 52.4 Å². The van der Waals surface area contributed by atoms with E-state index in [0.29, 0.717) is 49.6 Å². The number of rotatable bonds is 12. The average molecular weight is 452 g/mol. The van der Waals surface area contributed by atoms with Crippen molar-refractivity contribution in [2.45, 2.75) is 17.3 Å². The summed E-state index contributed by atoms with van der Waals surface area (Å²) in [5.74, 6) is 3.63. The molecule has 0 aromatic heterocycles. The maximum Gasteiger partial charge on any atom is 0.0521 e. The van der Waals surface area contributed by atoms with Gasteiger partial charge in [0.1, 0.15) is 0 Å². The van der Waals surface area contributed by atoms with Gasteiger partial charge in [0.15, 0.2) is 0 Å². The van der Waals surface area contributed by atoms with E-state index in [-0.39, 0.29) is 19.8 Å². The number of thioether (sulfide) groups is 3. The van der Waals surface area contributed by atoms with Gasteiger partial charge in [0.05, 0.1) is 34.9 Å². The number of halogens is 3. The molecule has 0 amide bonds. The van der Waals surface area contributed by atoms with Crippen LogP contribution in [0.3, 0.4) is 0 Å². The second-order valence-electron chi connectivity index (χ2n) is 4.71. The first kappa shape index (κ1) is 23.1. The molecule has 1 rings (SSSR count). The van der Waals surface area contributed by atoms with Crippen molar-refractivity contribution in [2.24, 2.45) is 0 Å². The van der Waals surface area contributed by atoms with Gasteiger partial charge in [-0.3, -0.25) is 0 Å². The minimum atomic E-state index is 0.103. The summed E-state index contributed by atoms with van der Waals surface area (Å²) in [6, 6.07) is 0. The van der Waals surface area contributed by atoms with Crippen molar-refractivity contribution < 1.29 is 15.3 Å². The predicted molar refractivity (Wildman–Crippen MR) is 111 cm³/mol. The van der Waals surface area contributed by atoms with Crippen LogP contribution in [0.1, 0.15) is 16.7 Å². The topological polar surface area (TPSA) is 60.7 Å². The van der Waals surface area contributed by atoms with Crippen LogP contribution < -0.4 is 0 Å². The van der Waals surface area contributed by atoms with E-state index in [0.717, 1.165) is 16.7 Å². The Morgan fingerprint density at radius 1 is 0.542 bits per heavy atom. The first-order chi connectivity index (χ1) is 11.6. The first-order valence-electron chi connectivity index (χ1n) is 7.31. The zero-order chi connectivity index (χ0) is 17.9. The maximum atomic E-state index is 8.96. The Kier molecular flexibility index (Phi) is 12.7. The Bertz CT molecular complexity index is 426. The molecular formula is C15H21Cl3O3S3. The van der Waals surface area contributed by atoms with Crippen LogP contribution in [0.4, 0.5) is 0 Å². The SMILES string of the molecule is OCCSCc1c(Cl)c(CSCCO)c(Cl)c(CSCCO)c1Cl. The van der Waals surface area contributed by atoms with Crippen molar-refractivity contribution in [3.63, 3.8) is 0 Å². The Morgan fingerprint density at radius 2 is 0.792 bits per heavy atom. The first-order valence-corrected chi connectivity index (χ1v) is 11.9. The molecule has 138 valence electrons. The predicted octanol–water partition coefficient (Wildman–Crippen LogP) is 4.32. The van der Waals surface area contributed by atoms with E-state index in [9.17, 15) is 0 Å². The second-order valence-corrected chi connectivity index (χ2v) is 9.16. The van der Waals surface area contributed by atoms with Gasteiger partial charge in [0, 0.05) is 34.5 Å². The third kappa shape index (κ3) is 6.97. The summed E-state index contributed by atoms with van der Waals surface area (Å²) in [7, 11) is 0. The van der Waals surface area contributed by atoms with E-state index in [2.05, 4.69) is 0 Å². The second kappa shape index (κ2) is 13.2. The summed E-state index contributed by atoms with van der Waals surface area (Å²) in [6.07, 6.45) is 0. The van der Waals surface area contributed by atoms with Gasteiger partial charge in [-0.15, -0.1) is 0 Å². The van der Waals surface area contributed by atoms with Crippen LogP contribution in [0.15, 0.2) is 0 Å². The van der Waals surface area contributed by atoms with Gasteiger partial charge in [-0.1, -0.05) is 34.8 Å². The molecule has 0 saturated carbocycles. The van der Waals surface area contributed by atoms with E-state index >= 15 is 0 Å². The highest BCUT2D eigenvalue weighted by Crippen LogP contribution is 2.42. The molecule has 24 heavy (non-hydrogen) atoms. The van der Waals surface area contributed by atoms with Gasteiger partial charge >= 0.3 is 0 Å². The monoisotopic (exact) mass is 450 g/mol. The standard InChI is InChI=1S/C15H21Cl3O3S3/c16-13-10(7-22-4-1-19)14(17)12(9-24-6-3-21)15(18)11(13)8-23-5-2-20/h19-21H,1-9H2. The number of hydrogen-bond donors (Lipinski definition) is 3. The molecule has 0 aliphatic carbocycles. The molecule has 1 aromatic carbocycles. The molecule has 9 heteroatoms. The highest BCUT2D eigenvalue weighted by molar-refractivity contribution is 7.99. The molecule has 1 aromatic rings. The smallest absolute Gasteiger partial charge is 0.0521 e. The van der Waals surface area contributed by atoms with Gasteiger partial charge in [0.25, 0.3) is 0 Å². The highest BCUT2D eigenvalue weighted by atomic mass is 35.5. The third-order valence-corrected chi connectivity index (χ3v) is 7.30. The summed E-state index contributed by atoms with van der Waals surface area (Å²) in [6.45, 7) is 0.309. The molecule has 0 spiro atoms. The maximum absolute atomic E-state index is 8.96. The molecule has 0 aliphatic heterocycles. The lowest BCUT2D eigenvalue weighted by molar-refractivity contribution is 0.322. The van der Waals surface area contributed by atoms with E-state index < -0.39 is 0 Å². The zero-order valence-electron chi connectivity index (χ0n) is 13.1. The van der Waals surface area contributed by atoms with E-state index in [4.69, 9.17) is 50.1 Å². The lowest BCUT2D eigenvalue weighted by atomic mass is 10.1. The van der Waals surface area contributed by atoms with E-state index in [1.807, 2.05) is 0 Å². The number of benzene rings is 1. The molecule has 0 saturated heterocycles. The van der Waals surface area contributed by atoms with Crippen LogP contribution in [0.5, 0.6) is 0 Å². The van der Waals surface area contributed by atoms with Gasteiger partial charge in [-0.2, -0.15) is 35.3 Å². The van der Waals surface area contributed by atoms with Gasteiger partial charge < -0.3 is 15.3 Å². The number of aliphatic hydroxyl groups is 3. The summed E-state index contributed by atoms with van der Waals surface area (Å²) in [5, 5.41) is 28.6. The largest absolute Gasteiger partial charge is 0.396 e. The molecule has 0 unspecified atom stereocenters. The van der Waals surface area contributed by atoms with Gasteiger partial charge in [-0.25, -0.2) is 0 Å². The minimum Gasteiger partial charge on any atom is -0.396 e. The molecule has 0 radical (unpaired) electrons. The fourth-order valence-corrected chi connectivity index (χ4v) is 5.82. The van der Waals surface area contributed by atoms with Crippen LogP contribution in [-0.2, 0) is 17.3 Å². The summed E-state index contributed by atoms with van der Waals surface area (Å²) >= 11 is 24.3. The molecule has 0 fully saturated rings. The van der Waals surface area contributed by atoms with Crippen molar-refractivity contribution in [1.82, 2.24) is 0 Å². The third-order valence-electron chi connectivity index (χ3n) is 3.04. The fourth-order valence-electron chi connectivity index (χ4n) is 1.93. The lowest BCUT2D eigenvalue weighted by Crippen LogP contribution is -2.01. The van der Waals surface area contributed by atoms with Crippen molar-refractivity contribution in [2.75, 3.05) is 37.1 Å². The molecule has 0 heterocycles. The molecule has 0 aliphatic rings. The highest BCUT2D eigenvalue weighted by Gasteiger charge is 2.21. The number of hydrogen-bond acceptors (Lipinski definition) is 6. The Labute approximate surface area is 170 Å². The van der Waals surface area contributed by atoms with Crippen molar-refractivity contribution in [1.29, 1.82) is 0 Å². The fraction of sp³-hybridized carbons (Fsp3) is 0.600. The molecule has 0 atom stereocenters. The summed E-state index contributed by atoms with van der Waals surface area (Å²) in [4.78, 5) is 0. The summed E-state index contributed by atoms with van der Waals surface area (Å²) in [5.41, 5.74) is 2.50. The van der Waals surface area contributed by atoms with Crippen LogP contribution >= 0.6 is 70.1 Å². The minimum absolute atomic E-state index is 0.103. The quantitative estimate of drug-likeness (QED) is 0.411.